The summed E-state index contributed by atoms with van der Waals surface area (Å²) in [5, 5.41) is 11.7. The number of aliphatic carboxylic acids is 1. The van der Waals surface area contributed by atoms with Gasteiger partial charge in [-0.05, 0) is 31.0 Å². The standard InChI is InChI=1S/C12H14F3NO2/c1-3-6(2)16-11(12(17)18)7-4-8(13)10(15)9(14)5-7/h4-6,11,16H,3H2,1-2H3,(H,17,18). The zero-order valence-corrected chi connectivity index (χ0v) is 10.0. The molecule has 0 radical (unpaired) electrons. The van der Waals surface area contributed by atoms with Gasteiger partial charge in [-0.25, -0.2) is 13.2 Å². The average Bonchev–Trinajstić information content (AvgIpc) is 2.31. The zero-order valence-electron chi connectivity index (χ0n) is 10.0. The van der Waals surface area contributed by atoms with Crippen molar-refractivity contribution in [3.05, 3.63) is 35.1 Å². The number of rotatable bonds is 5. The van der Waals surface area contributed by atoms with Crippen molar-refractivity contribution in [2.45, 2.75) is 32.4 Å². The maximum atomic E-state index is 13.0. The van der Waals surface area contributed by atoms with Crippen LogP contribution in [-0.2, 0) is 4.79 Å². The molecule has 3 nitrogen and oxygen atoms in total. The Morgan fingerprint density at radius 1 is 1.33 bits per heavy atom. The summed E-state index contributed by atoms with van der Waals surface area (Å²) in [5.41, 5.74) is -0.154. The average molecular weight is 261 g/mol. The summed E-state index contributed by atoms with van der Waals surface area (Å²) in [6.45, 7) is 3.58. The molecule has 0 saturated heterocycles. The van der Waals surface area contributed by atoms with Gasteiger partial charge in [0.05, 0.1) is 0 Å². The highest BCUT2D eigenvalue weighted by molar-refractivity contribution is 5.75. The lowest BCUT2D eigenvalue weighted by Gasteiger charge is -2.19. The van der Waals surface area contributed by atoms with Crippen LogP contribution in [0.3, 0.4) is 0 Å². The Balaban J connectivity index is 3.10. The van der Waals surface area contributed by atoms with Gasteiger partial charge in [-0.1, -0.05) is 6.92 Å². The summed E-state index contributed by atoms with van der Waals surface area (Å²) < 4.78 is 38.9. The van der Waals surface area contributed by atoms with E-state index in [1.807, 2.05) is 6.92 Å². The minimum atomic E-state index is -1.61. The number of carboxylic acid groups (broad SMARTS) is 1. The van der Waals surface area contributed by atoms with Gasteiger partial charge in [0.2, 0.25) is 0 Å². The Morgan fingerprint density at radius 2 is 1.83 bits per heavy atom. The summed E-state index contributed by atoms with van der Waals surface area (Å²) in [6.07, 6.45) is 0.649. The molecule has 1 aromatic carbocycles. The molecule has 1 rings (SSSR count). The molecule has 0 aliphatic carbocycles. The molecule has 0 amide bonds. The van der Waals surface area contributed by atoms with Crippen LogP contribution >= 0.6 is 0 Å². The number of halogens is 3. The van der Waals surface area contributed by atoms with Gasteiger partial charge in [0.1, 0.15) is 6.04 Å². The fourth-order valence-corrected chi connectivity index (χ4v) is 1.45. The van der Waals surface area contributed by atoms with E-state index >= 15 is 0 Å². The fourth-order valence-electron chi connectivity index (χ4n) is 1.45. The molecule has 2 unspecified atom stereocenters. The quantitative estimate of drug-likeness (QED) is 0.801. The van der Waals surface area contributed by atoms with Crippen LogP contribution in [0.1, 0.15) is 31.9 Å². The molecular weight excluding hydrogens is 247 g/mol. The number of carboxylic acids is 1. The van der Waals surface area contributed by atoms with Crippen molar-refractivity contribution in [3.63, 3.8) is 0 Å². The Morgan fingerprint density at radius 3 is 2.22 bits per heavy atom. The molecule has 0 saturated carbocycles. The van der Waals surface area contributed by atoms with E-state index < -0.39 is 29.5 Å². The molecule has 0 aliphatic rings. The van der Waals surface area contributed by atoms with E-state index in [2.05, 4.69) is 5.32 Å². The molecule has 0 aromatic heterocycles. The Hall–Kier alpha value is -1.56. The van der Waals surface area contributed by atoms with Crippen LogP contribution < -0.4 is 5.32 Å². The Bertz CT molecular complexity index is 428. The van der Waals surface area contributed by atoms with Crippen LogP contribution in [0.5, 0.6) is 0 Å². The van der Waals surface area contributed by atoms with Crippen molar-refractivity contribution >= 4 is 5.97 Å². The fraction of sp³-hybridized carbons (Fsp3) is 0.417. The van der Waals surface area contributed by atoms with E-state index in [0.29, 0.717) is 18.6 Å². The number of hydrogen-bond acceptors (Lipinski definition) is 2. The summed E-state index contributed by atoms with van der Waals surface area (Å²) in [6, 6.07) is -0.0501. The van der Waals surface area contributed by atoms with Crippen LogP contribution in [-0.4, -0.2) is 17.1 Å². The minimum Gasteiger partial charge on any atom is -0.480 e. The van der Waals surface area contributed by atoms with Crippen LogP contribution in [0, 0.1) is 17.5 Å². The van der Waals surface area contributed by atoms with E-state index in [4.69, 9.17) is 5.11 Å². The minimum absolute atomic E-state index is 0.151. The van der Waals surface area contributed by atoms with Crippen LogP contribution in [0.2, 0.25) is 0 Å². The van der Waals surface area contributed by atoms with Crippen LogP contribution in [0.15, 0.2) is 12.1 Å². The molecule has 0 fully saturated rings. The molecule has 0 spiro atoms. The first-order valence-corrected chi connectivity index (χ1v) is 5.50. The number of carbonyl (C=O) groups is 1. The van der Waals surface area contributed by atoms with Gasteiger partial charge in [0.25, 0.3) is 0 Å². The largest absolute Gasteiger partial charge is 0.480 e. The van der Waals surface area contributed by atoms with E-state index in [9.17, 15) is 18.0 Å². The molecule has 6 heteroatoms. The highest BCUT2D eigenvalue weighted by Gasteiger charge is 2.24. The lowest BCUT2D eigenvalue weighted by molar-refractivity contribution is -0.139. The molecule has 1 aromatic rings. The van der Waals surface area contributed by atoms with E-state index in [1.54, 1.807) is 6.92 Å². The van der Waals surface area contributed by atoms with Gasteiger partial charge in [-0.2, -0.15) is 0 Å². The predicted molar refractivity (Wildman–Crippen MR) is 59.6 cm³/mol. The molecule has 0 bridgehead atoms. The zero-order chi connectivity index (χ0) is 13.9. The molecule has 2 N–H and O–H groups in total. The van der Waals surface area contributed by atoms with Crippen molar-refractivity contribution in [2.24, 2.45) is 0 Å². The van der Waals surface area contributed by atoms with Crippen molar-refractivity contribution in [1.29, 1.82) is 0 Å². The van der Waals surface area contributed by atoms with Crippen molar-refractivity contribution < 1.29 is 23.1 Å². The third-order valence-electron chi connectivity index (χ3n) is 2.65. The number of hydrogen-bond donors (Lipinski definition) is 2. The third kappa shape index (κ3) is 3.22. The summed E-state index contributed by atoms with van der Waals surface area (Å²) in [7, 11) is 0. The first-order valence-electron chi connectivity index (χ1n) is 5.50. The predicted octanol–water partition coefficient (Wildman–Crippen LogP) is 2.62. The highest BCUT2D eigenvalue weighted by atomic mass is 19.2. The van der Waals surface area contributed by atoms with Gasteiger partial charge in [-0.15, -0.1) is 0 Å². The van der Waals surface area contributed by atoms with E-state index in [1.165, 1.54) is 0 Å². The molecule has 18 heavy (non-hydrogen) atoms. The second kappa shape index (κ2) is 5.86. The van der Waals surface area contributed by atoms with Gasteiger partial charge in [0.15, 0.2) is 17.5 Å². The lowest BCUT2D eigenvalue weighted by Crippen LogP contribution is -2.35. The second-order valence-electron chi connectivity index (χ2n) is 4.05. The molecule has 100 valence electrons. The highest BCUT2D eigenvalue weighted by Crippen LogP contribution is 2.20. The normalized spacial score (nSPS) is 14.3. The topological polar surface area (TPSA) is 49.3 Å². The first kappa shape index (κ1) is 14.5. The first-order chi connectivity index (χ1) is 8.36. The maximum Gasteiger partial charge on any atom is 0.325 e. The molecule has 2 atom stereocenters. The van der Waals surface area contributed by atoms with Crippen LogP contribution in [0.4, 0.5) is 13.2 Å². The van der Waals surface area contributed by atoms with Crippen molar-refractivity contribution in [2.75, 3.05) is 0 Å². The monoisotopic (exact) mass is 261 g/mol. The third-order valence-corrected chi connectivity index (χ3v) is 2.65. The summed E-state index contributed by atoms with van der Waals surface area (Å²) in [5.74, 6) is -5.68. The molecule has 0 aliphatic heterocycles. The van der Waals surface area contributed by atoms with E-state index in [0.717, 1.165) is 0 Å². The lowest BCUT2D eigenvalue weighted by atomic mass is 10.0. The SMILES string of the molecule is CCC(C)NC(C(=O)O)c1cc(F)c(F)c(F)c1. The second-order valence-corrected chi connectivity index (χ2v) is 4.05. The Labute approximate surface area is 103 Å². The summed E-state index contributed by atoms with van der Waals surface area (Å²) in [4.78, 5) is 11.1. The maximum absolute atomic E-state index is 13.0. The summed E-state index contributed by atoms with van der Waals surface area (Å²) >= 11 is 0. The van der Waals surface area contributed by atoms with Gasteiger partial charge >= 0.3 is 5.97 Å². The van der Waals surface area contributed by atoms with Crippen LogP contribution in [0.25, 0.3) is 0 Å². The Kier molecular flexibility index (Phi) is 4.72. The van der Waals surface area contributed by atoms with Crippen molar-refractivity contribution in [3.8, 4) is 0 Å². The van der Waals surface area contributed by atoms with E-state index in [-0.39, 0.29) is 11.6 Å². The molecule has 0 heterocycles. The molecular formula is C12H14F3NO2. The van der Waals surface area contributed by atoms with Gasteiger partial charge in [-0.3, -0.25) is 10.1 Å². The number of benzene rings is 1. The van der Waals surface area contributed by atoms with Gasteiger partial charge < -0.3 is 5.11 Å². The van der Waals surface area contributed by atoms with Gasteiger partial charge in [0, 0.05) is 6.04 Å². The smallest absolute Gasteiger partial charge is 0.325 e. The number of nitrogens with one attached hydrogen (secondary N) is 1. The van der Waals surface area contributed by atoms with Crippen molar-refractivity contribution in [1.82, 2.24) is 5.32 Å².